The van der Waals surface area contributed by atoms with Crippen LogP contribution in [-0.4, -0.2) is 36.4 Å². The minimum Gasteiger partial charge on any atom is -0.373 e. The molecule has 0 saturated heterocycles. The zero-order valence-corrected chi connectivity index (χ0v) is 11.4. The van der Waals surface area contributed by atoms with E-state index in [0.29, 0.717) is 6.54 Å². The van der Waals surface area contributed by atoms with Crippen molar-refractivity contribution >= 4 is 17.3 Å². The van der Waals surface area contributed by atoms with E-state index in [4.69, 9.17) is 5.73 Å². The lowest BCUT2D eigenvalue weighted by Crippen LogP contribution is -2.35. The second-order valence-electron chi connectivity index (χ2n) is 4.26. The number of halogens is 2. The van der Waals surface area contributed by atoms with Gasteiger partial charge in [-0.2, -0.15) is 0 Å². The van der Waals surface area contributed by atoms with Crippen molar-refractivity contribution < 1.29 is 18.5 Å². The van der Waals surface area contributed by atoms with E-state index in [1.807, 2.05) is 0 Å². The maximum Gasteiger partial charge on any atom is 0.292 e. The number of rotatable bonds is 7. The van der Waals surface area contributed by atoms with Gasteiger partial charge in [-0.1, -0.05) is 0 Å². The van der Waals surface area contributed by atoms with E-state index in [1.54, 1.807) is 6.92 Å². The topological polar surface area (TPSA) is 110 Å². The van der Waals surface area contributed by atoms with Crippen LogP contribution in [0.4, 0.5) is 20.2 Å². The first-order valence-corrected chi connectivity index (χ1v) is 6.19. The second kappa shape index (κ2) is 6.93. The van der Waals surface area contributed by atoms with Gasteiger partial charge < -0.3 is 16.4 Å². The van der Waals surface area contributed by atoms with Crippen LogP contribution in [-0.2, 0) is 0 Å². The molecule has 0 radical (unpaired) electrons. The van der Waals surface area contributed by atoms with Gasteiger partial charge in [-0.3, -0.25) is 14.9 Å². The standard InChI is InChI=1S/C12H16F2N4O3/c1-2-16-11(19)8-3-4-10(18(20)21)9(5-8)17-7-12(13,14)6-15/h3-5,17H,2,6-7,15H2,1H3,(H,16,19). The Balaban J connectivity index is 3.04. The highest BCUT2D eigenvalue weighted by molar-refractivity contribution is 5.95. The van der Waals surface area contributed by atoms with Crippen LogP contribution < -0.4 is 16.4 Å². The summed E-state index contributed by atoms with van der Waals surface area (Å²) in [4.78, 5) is 21.8. The maximum absolute atomic E-state index is 13.1. The number of alkyl halides is 2. The number of nitrogens with two attached hydrogens (primary N) is 1. The molecule has 0 fully saturated rings. The summed E-state index contributed by atoms with van der Waals surface area (Å²) in [6.45, 7) is 0.348. The van der Waals surface area contributed by atoms with Crippen molar-refractivity contribution in [3.8, 4) is 0 Å². The maximum atomic E-state index is 13.1. The van der Waals surface area contributed by atoms with Crippen LogP contribution in [0.5, 0.6) is 0 Å². The number of nitrogens with zero attached hydrogens (tertiary/aromatic N) is 1. The molecule has 1 aromatic carbocycles. The summed E-state index contributed by atoms with van der Waals surface area (Å²) < 4.78 is 26.2. The number of nitro benzene ring substituents is 1. The molecule has 0 unspecified atom stereocenters. The Morgan fingerprint density at radius 1 is 1.48 bits per heavy atom. The predicted molar refractivity (Wildman–Crippen MR) is 73.6 cm³/mol. The molecular formula is C12H16F2N4O3. The molecule has 0 bridgehead atoms. The zero-order valence-electron chi connectivity index (χ0n) is 11.4. The minimum absolute atomic E-state index is 0.140. The first-order valence-electron chi connectivity index (χ1n) is 6.19. The first kappa shape index (κ1) is 16.8. The van der Waals surface area contributed by atoms with Crippen LogP contribution >= 0.6 is 0 Å². The lowest BCUT2D eigenvalue weighted by molar-refractivity contribution is -0.384. The van der Waals surface area contributed by atoms with E-state index in [2.05, 4.69) is 10.6 Å². The SMILES string of the molecule is CCNC(=O)c1ccc([N+](=O)[O-])c(NCC(F)(F)CN)c1. The molecule has 0 aromatic heterocycles. The Kier molecular flexibility index (Phi) is 5.53. The highest BCUT2D eigenvalue weighted by Gasteiger charge is 2.28. The van der Waals surface area contributed by atoms with Gasteiger partial charge in [0, 0.05) is 18.2 Å². The van der Waals surface area contributed by atoms with Crippen molar-refractivity contribution in [3.05, 3.63) is 33.9 Å². The van der Waals surface area contributed by atoms with Crippen LogP contribution in [0.15, 0.2) is 18.2 Å². The fourth-order valence-corrected chi connectivity index (χ4v) is 1.54. The summed E-state index contributed by atoms with van der Waals surface area (Å²) >= 11 is 0. The van der Waals surface area contributed by atoms with Gasteiger partial charge in [0.1, 0.15) is 5.69 Å². The number of nitrogens with one attached hydrogen (secondary N) is 2. The first-order chi connectivity index (χ1) is 9.80. The third kappa shape index (κ3) is 4.63. The van der Waals surface area contributed by atoms with Crippen molar-refractivity contribution in [1.29, 1.82) is 0 Å². The fraction of sp³-hybridized carbons (Fsp3) is 0.417. The molecule has 116 valence electrons. The van der Waals surface area contributed by atoms with Gasteiger partial charge in [-0.15, -0.1) is 0 Å². The number of nitro groups is 1. The Hall–Kier alpha value is -2.29. The molecule has 1 aromatic rings. The van der Waals surface area contributed by atoms with Gasteiger partial charge >= 0.3 is 0 Å². The van der Waals surface area contributed by atoms with E-state index < -0.39 is 35.5 Å². The molecule has 1 rings (SSSR count). The molecule has 0 atom stereocenters. The fourth-order valence-electron chi connectivity index (χ4n) is 1.54. The van der Waals surface area contributed by atoms with Crippen LogP contribution in [0, 0.1) is 10.1 Å². The molecule has 0 aliphatic rings. The average Bonchev–Trinajstić information content (AvgIpc) is 2.45. The monoisotopic (exact) mass is 302 g/mol. The number of carbonyl (C=O) groups excluding carboxylic acids is 1. The largest absolute Gasteiger partial charge is 0.373 e. The molecule has 21 heavy (non-hydrogen) atoms. The molecule has 0 spiro atoms. The number of amides is 1. The highest BCUT2D eigenvalue weighted by Crippen LogP contribution is 2.26. The molecule has 0 heterocycles. The third-order valence-electron chi connectivity index (χ3n) is 2.63. The molecule has 0 aliphatic heterocycles. The lowest BCUT2D eigenvalue weighted by Gasteiger charge is -2.16. The molecule has 9 heteroatoms. The van der Waals surface area contributed by atoms with E-state index in [9.17, 15) is 23.7 Å². The summed E-state index contributed by atoms with van der Waals surface area (Å²) in [7, 11) is 0. The minimum atomic E-state index is -3.20. The van der Waals surface area contributed by atoms with Crippen molar-refractivity contribution in [1.82, 2.24) is 5.32 Å². The summed E-state index contributed by atoms with van der Waals surface area (Å²) in [5.41, 5.74) is 4.49. The Labute approximate surface area is 119 Å². The number of benzene rings is 1. The van der Waals surface area contributed by atoms with Gasteiger partial charge in [-0.25, -0.2) is 8.78 Å². The highest BCUT2D eigenvalue weighted by atomic mass is 19.3. The number of hydrogen-bond acceptors (Lipinski definition) is 5. The van der Waals surface area contributed by atoms with Gasteiger partial charge in [0.2, 0.25) is 0 Å². The number of carbonyl (C=O) groups is 1. The molecule has 7 nitrogen and oxygen atoms in total. The summed E-state index contributed by atoms with van der Waals surface area (Å²) in [6, 6.07) is 3.51. The Bertz CT molecular complexity index is 537. The van der Waals surface area contributed by atoms with E-state index in [0.717, 1.165) is 12.1 Å². The quantitative estimate of drug-likeness (QED) is 0.520. The summed E-state index contributed by atoms with van der Waals surface area (Å²) in [6.07, 6.45) is 0. The smallest absolute Gasteiger partial charge is 0.292 e. The van der Waals surface area contributed by atoms with Gasteiger partial charge in [0.25, 0.3) is 17.5 Å². The van der Waals surface area contributed by atoms with Gasteiger partial charge in [-0.05, 0) is 19.1 Å². The molecular weight excluding hydrogens is 286 g/mol. The summed E-state index contributed by atoms with van der Waals surface area (Å²) in [5, 5.41) is 15.7. The van der Waals surface area contributed by atoms with Crippen molar-refractivity contribution in [2.24, 2.45) is 5.73 Å². The third-order valence-corrected chi connectivity index (χ3v) is 2.63. The van der Waals surface area contributed by atoms with E-state index in [-0.39, 0.29) is 11.3 Å². The Morgan fingerprint density at radius 3 is 2.67 bits per heavy atom. The molecule has 4 N–H and O–H groups in total. The van der Waals surface area contributed by atoms with Crippen molar-refractivity contribution in [2.75, 3.05) is 25.0 Å². The number of anilines is 1. The predicted octanol–water partition coefficient (Wildman–Crippen LogP) is 1.35. The van der Waals surface area contributed by atoms with Crippen LogP contribution in [0.2, 0.25) is 0 Å². The van der Waals surface area contributed by atoms with Gasteiger partial charge in [0.15, 0.2) is 0 Å². The van der Waals surface area contributed by atoms with E-state index >= 15 is 0 Å². The normalized spacial score (nSPS) is 11.0. The van der Waals surface area contributed by atoms with Crippen molar-refractivity contribution in [3.63, 3.8) is 0 Å². The van der Waals surface area contributed by atoms with Crippen molar-refractivity contribution in [2.45, 2.75) is 12.8 Å². The number of hydrogen-bond donors (Lipinski definition) is 3. The van der Waals surface area contributed by atoms with Gasteiger partial charge in [0.05, 0.1) is 18.0 Å². The molecule has 0 aliphatic carbocycles. The lowest BCUT2D eigenvalue weighted by atomic mass is 10.1. The summed E-state index contributed by atoms with van der Waals surface area (Å²) in [5.74, 6) is -3.64. The molecule has 1 amide bonds. The average molecular weight is 302 g/mol. The van der Waals surface area contributed by atoms with Crippen LogP contribution in [0.25, 0.3) is 0 Å². The second-order valence-corrected chi connectivity index (χ2v) is 4.26. The van der Waals surface area contributed by atoms with Crippen LogP contribution in [0.3, 0.4) is 0 Å². The Morgan fingerprint density at radius 2 is 2.14 bits per heavy atom. The van der Waals surface area contributed by atoms with Crippen LogP contribution in [0.1, 0.15) is 17.3 Å². The zero-order chi connectivity index (χ0) is 16.0. The van der Waals surface area contributed by atoms with E-state index in [1.165, 1.54) is 6.07 Å². The molecule has 0 saturated carbocycles.